The van der Waals surface area contributed by atoms with Gasteiger partial charge in [0.2, 0.25) is 0 Å². The molecule has 2 aromatic rings. The molecule has 9 heteroatoms. The number of alkyl halides is 6. The number of hydrogen-bond donors (Lipinski definition) is 0. The summed E-state index contributed by atoms with van der Waals surface area (Å²) in [5.74, 6) is -12.6. The van der Waals surface area contributed by atoms with E-state index >= 15 is 8.78 Å². The minimum Gasteiger partial charge on any atom is -0.194 e. The second kappa shape index (κ2) is 7.25. The molecule has 0 aromatic carbocycles. The summed E-state index contributed by atoms with van der Waals surface area (Å²) < 4.78 is 88.9. The number of allylic oxidation sites excluding steroid dienone is 2. The monoisotopic (exact) mass is 492 g/mol. The molecule has 0 fully saturated rings. The van der Waals surface area contributed by atoms with E-state index in [2.05, 4.69) is 11.5 Å². The summed E-state index contributed by atoms with van der Waals surface area (Å²) in [6.45, 7) is 12.2. The highest BCUT2D eigenvalue weighted by Crippen LogP contribution is 2.66. The predicted octanol–water partition coefficient (Wildman–Crippen LogP) is 8.10. The highest BCUT2D eigenvalue weighted by Gasteiger charge is 2.80. The van der Waals surface area contributed by atoms with E-state index < -0.39 is 37.0 Å². The molecule has 0 N–H and O–H groups in total. The zero-order valence-corrected chi connectivity index (χ0v) is 20.8. The topological polar surface area (TPSA) is 0 Å². The van der Waals surface area contributed by atoms with Crippen molar-refractivity contribution in [2.24, 2.45) is 0 Å². The molecule has 2 heterocycles. The van der Waals surface area contributed by atoms with Crippen LogP contribution in [0.3, 0.4) is 0 Å². The van der Waals surface area contributed by atoms with Gasteiger partial charge in [0.1, 0.15) is 8.07 Å². The average Bonchev–Trinajstić information content (AvgIpc) is 3.09. The van der Waals surface area contributed by atoms with Crippen LogP contribution >= 0.6 is 22.7 Å². The molecule has 0 spiro atoms. The lowest BCUT2D eigenvalue weighted by molar-refractivity contribution is -0.254. The quantitative estimate of drug-likeness (QED) is 0.226. The number of aryl methyl sites for hydroxylation is 3. The molecule has 0 unspecified atom stereocenters. The van der Waals surface area contributed by atoms with E-state index in [1.807, 2.05) is 19.6 Å². The van der Waals surface area contributed by atoms with Crippen LogP contribution in [-0.2, 0) is 0 Å². The molecule has 0 saturated heterocycles. The van der Waals surface area contributed by atoms with E-state index in [9.17, 15) is 17.6 Å². The molecular weight excluding hydrogens is 470 g/mol. The normalized spacial score (nSPS) is 19.5. The van der Waals surface area contributed by atoms with Gasteiger partial charge in [-0.05, 0) is 44.9 Å². The van der Waals surface area contributed by atoms with Gasteiger partial charge < -0.3 is 0 Å². The molecule has 3 rings (SSSR count). The molecule has 31 heavy (non-hydrogen) atoms. The van der Waals surface area contributed by atoms with Crippen molar-refractivity contribution in [3.63, 3.8) is 0 Å². The van der Waals surface area contributed by atoms with E-state index in [0.29, 0.717) is 15.3 Å². The number of thiophene rings is 2. The van der Waals surface area contributed by atoms with E-state index in [1.54, 1.807) is 13.8 Å². The summed E-state index contributed by atoms with van der Waals surface area (Å²) in [6, 6.07) is 1.53. The smallest absolute Gasteiger partial charge is 0.194 e. The summed E-state index contributed by atoms with van der Waals surface area (Å²) >= 11 is 1.64. The first-order chi connectivity index (χ1) is 13.9. The predicted molar refractivity (Wildman–Crippen MR) is 119 cm³/mol. The Bertz CT molecular complexity index is 1150. The van der Waals surface area contributed by atoms with E-state index in [4.69, 9.17) is 0 Å². The molecule has 0 atom stereocenters. The van der Waals surface area contributed by atoms with Crippen LogP contribution < -0.4 is 0 Å². The Morgan fingerprint density at radius 1 is 0.806 bits per heavy atom. The maximum absolute atomic E-state index is 15.0. The first kappa shape index (κ1) is 24.1. The molecule has 1 aliphatic rings. The molecule has 0 radical (unpaired) electrons. The van der Waals surface area contributed by atoms with Crippen LogP contribution in [0.5, 0.6) is 0 Å². The van der Waals surface area contributed by atoms with Crippen molar-refractivity contribution in [2.45, 2.75) is 65.1 Å². The van der Waals surface area contributed by atoms with Crippen LogP contribution in [0.1, 0.15) is 36.2 Å². The maximum atomic E-state index is 15.0. The molecule has 0 nitrogen and oxygen atoms in total. The Morgan fingerprint density at radius 2 is 1.32 bits per heavy atom. The minimum atomic E-state index is -5.54. The third-order valence-electron chi connectivity index (χ3n) is 5.05. The summed E-state index contributed by atoms with van der Waals surface area (Å²) in [6.07, 6.45) is 0. The van der Waals surface area contributed by atoms with Gasteiger partial charge in [-0.1, -0.05) is 25.6 Å². The third kappa shape index (κ3) is 3.61. The van der Waals surface area contributed by atoms with Crippen molar-refractivity contribution in [1.82, 2.24) is 0 Å². The first-order valence-corrected chi connectivity index (χ1v) is 14.7. The molecule has 0 aliphatic heterocycles. The van der Waals surface area contributed by atoms with Crippen molar-refractivity contribution >= 4 is 41.9 Å². The van der Waals surface area contributed by atoms with Crippen LogP contribution in [0.4, 0.5) is 26.3 Å². The van der Waals surface area contributed by atoms with Crippen LogP contribution in [-0.4, -0.2) is 25.8 Å². The van der Waals surface area contributed by atoms with Gasteiger partial charge in [0.05, 0.1) is 11.1 Å². The van der Waals surface area contributed by atoms with Crippen LogP contribution in [0.25, 0.3) is 11.1 Å². The van der Waals surface area contributed by atoms with Crippen LogP contribution in [0, 0.1) is 39.2 Å². The zero-order valence-electron chi connectivity index (χ0n) is 18.2. The van der Waals surface area contributed by atoms with Crippen molar-refractivity contribution in [2.75, 3.05) is 0 Å². The second-order valence-corrected chi connectivity index (χ2v) is 16.1. The maximum Gasteiger partial charge on any atom is 0.380 e. The molecule has 0 bridgehead atoms. The molecule has 1 aliphatic carbocycles. The molecule has 0 amide bonds. The Labute approximate surface area is 187 Å². The van der Waals surface area contributed by atoms with Gasteiger partial charge >= 0.3 is 17.8 Å². The Morgan fingerprint density at radius 3 is 1.77 bits per heavy atom. The summed E-state index contributed by atoms with van der Waals surface area (Å²) in [5.41, 5.74) is 1.53. The summed E-state index contributed by atoms with van der Waals surface area (Å²) in [7, 11) is -1.81. The van der Waals surface area contributed by atoms with Gasteiger partial charge in [0.25, 0.3) is 0 Å². The fourth-order valence-corrected chi connectivity index (χ4v) is 6.37. The molecule has 0 saturated carbocycles. The number of rotatable bonds is 2. The Hall–Kier alpha value is -1.50. The zero-order chi connectivity index (χ0) is 23.7. The highest BCUT2D eigenvalue weighted by atomic mass is 32.1. The molecule has 168 valence electrons. The van der Waals surface area contributed by atoms with Gasteiger partial charge in [-0.15, -0.1) is 28.2 Å². The SMILES string of the molecule is Cc1cc(C)c(C2=C(c3sc(C)c(C#C[Si](C)(C)C)c3C)C(F)(F)C(F)(F)C2(F)F)s1. The van der Waals surface area contributed by atoms with Crippen LogP contribution in [0.2, 0.25) is 19.6 Å². The first-order valence-electron chi connectivity index (χ1n) is 9.53. The van der Waals surface area contributed by atoms with E-state index in [0.717, 1.165) is 22.7 Å². The number of hydrogen-bond acceptors (Lipinski definition) is 2. The van der Waals surface area contributed by atoms with Gasteiger partial charge in [0, 0.05) is 25.1 Å². The summed E-state index contributed by atoms with van der Waals surface area (Å²) in [4.78, 5) is 0.641. The van der Waals surface area contributed by atoms with Crippen LogP contribution in [0.15, 0.2) is 6.07 Å². The standard InChI is InChI=1S/C22H22F6S2Si/c1-11-10-12(2)29-18(11)16-17(21(25,26)22(27,28)20(16,23)24)19-13(3)15(14(4)30-19)8-9-31(5,6)7/h10H,1-7H3. The van der Waals surface area contributed by atoms with Crippen molar-refractivity contribution < 1.29 is 26.3 Å². The van der Waals surface area contributed by atoms with Gasteiger partial charge in [-0.3, -0.25) is 0 Å². The van der Waals surface area contributed by atoms with Gasteiger partial charge in [-0.2, -0.15) is 26.3 Å². The Balaban J connectivity index is 2.41. The largest absolute Gasteiger partial charge is 0.380 e. The second-order valence-electron chi connectivity index (χ2n) is 8.83. The van der Waals surface area contributed by atoms with Crippen molar-refractivity contribution in [3.8, 4) is 11.5 Å². The number of halogens is 6. The average molecular weight is 493 g/mol. The van der Waals surface area contributed by atoms with E-state index in [1.165, 1.54) is 19.9 Å². The lowest BCUT2D eigenvalue weighted by Gasteiger charge is -2.25. The van der Waals surface area contributed by atoms with Gasteiger partial charge in [0.15, 0.2) is 0 Å². The van der Waals surface area contributed by atoms with Crippen molar-refractivity contribution in [1.29, 1.82) is 0 Å². The van der Waals surface area contributed by atoms with E-state index in [-0.39, 0.29) is 20.9 Å². The highest BCUT2D eigenvalue weighted by molar-refractivity contribution is 7.14. The fraction of sp³-hybridized carbons (Fsp3) is 0.455. The third-order valence-corrected chi connectivity index (χ3v) is 8.32. The fourth-order valence-electron chi connectivity index (χ4n) is 3.56. The summed E-state index contributed by atoms with van der Waals surface area (Å²) in [5, 5.41) is 0. The molecular formula is C22H22F6S2Si. The lowest BCUT2D eigenvalue weighted by Crippen LogP contribution is -2.48. The minimum absolute atomic E-state index is 0.227. The molecule has 2 aromatic heterocycles. The lowest BCUT2D eigenvalue weighted by atomic mass is 9.99. The van der Waals surface area contributed by atoms with Gasteiger partial charge in [-0.25, -0.2) is 0 Å². The Kier molecular flexibility index (Phi) is 5.65. The van der Waals surface area contributed by atoms with Crippen molar-refractivity contribution in [3.05, 3.63) is 42.3 Å².